The van der Waals surface area contributed by atoms with Gasteiger partial charge in [0.25, 0.3) is 0 Å². The van der Waals surface area contributed by atoms with Crippen molar-refractivity contribution in [3.05, 3.63) is 29.8 Å². The van der Waals surface area contributed by atoms with E-state index in [0.717, 1.165) is 11.3 Å². The molecule has 0 saturated carbocycles. The van der Waals surface area contributed by atoms with Crippen LogP contribution in [0.5, 0.6) is 0 Å². The maximum Gasteiger partial charge on any atom is 0.221 e. The first-order valence-electron chi connectivity index (χ1n) is 8.11. The predicted octanol–water partition coefficient (Wildman–Crippen LogP) is 5.21. The van der Waals surface area contributed by atoms with Crippen molar-refractivity contribution in [3.8, 4) is 11.5 Å². The topological polar surface area (TPSA) is 29.1 Å². The lowest BCUT2D eigenvalue weighted by Gasteiger charge is -2.38. The van der Waals surface area contributed by atoms with E-state index in [1.807, 2.05) is 24.3 Å². The molecule has 1 rings (SSSR count). The standard InChI is InChI=1S/C19H29NOSi/c1-14(2)22(15(3)4,16(5)6)13-12-18-10-8-9-11-19(18)20-17(7)21/h8-11,14-16H,1-7H3,(H,20,21). The molecule has 0 aliphatic carbocycles. The molecule has 120 valence electrons. The van der Waals surface area contributed by atoms with Crippen LogP contribution >= 0.6 is 0 Å². The lowest BCUT2D eigenvalue weighted by molar-refractivity contribution is -0.114. The van der Waals surface area contributed by atoms with Gasteiger partial charge in [-0.2, -0.15) is 0 Å². The van der Waals surface area contributed by atoms with Crippen molar-refractivity contribution in [3.63, 3.8) is 0 Å². The molecular weight excluding hydrogens is 286 g/mol. The molecule has 0 atom stereocenters. The Bertz CT molecular complexity index is 557. The number of amides is 1. The molecule has 1 aromatic rings. The Balaban J connectivity index is 3.33. The molecule has 0 aromatic heterocycles. The summed E-state index contributed by atoms with van der Waals surface area (Å²) >= 11 is 0. The van der Waals surface area contributed by atoms with Gasteiger partial charge in [-0.05, 0) is 28.8 Å². The summed E-state index contributed by atoms with van der Waals surface area (Å²) in [6.45, 7) is 15.4. The summed E-state index contributed by atoms with van der Waals surface area (Å²) in [4.78, 5) is 11.3. The minimum Gasteiger partial charge on any atom is -0.325 e. The average Bonchev–Trinajstić information content (AvgIpc) is 2.39. The van der Waals surface area contributed by atoms with Crippen LogP contribution in [0.25, 0.3) is 0 Å². The van der Waals surface area contributed by atoms with Gasteiger partial charge in [-0.3, -0.25) is 4.79 Å². The Morgan fingerprint density at radius 2 is 1.50 bits per heavy atom. The molecule has 22 heavy (non-hydrogen) atoms. The minimum atomic E-state index is -1.75. The summed E-state index contributed by atoms with van der Waals surface area (Å²) in [7, 11) is -1.75. The second-order valence-corrected chi connectivity index (χ2v) is 12.5. The second-order valence-electron chi connectivity index (χ2n) is 6.87. The summed E-state index contributed by atoms with van der Waals surface area (Å²) in [6, 6.07) is 7.79. The van der Waals surface area contributed by atoms with Crippen molar-refractivity contribution in [2.45, 2.75) is 65.1 Å². The van der Waals surface area contributed by atoms with Crippen molar-refractivity contribution in [2.75, 3.05) is 5.32 Å². The lowest BCUT2D eigenvalue weighted by Crippen LogP contribution is -2.43. The highest BCUT2D eigenvalue weighted by Gasteiger charge is 2.41. The maximum absolute atomic E-state index is 11.3. The summed E-state index contributed by atoms with van der Waals surface area (Å²) in [6.07, 6.45) is 0. The monoisotopic (exact) mass is 315 g/mol. The van der Waals surface area contributed by atoms with E-state index in [9.17, 15) is 4.79 Å². The van der Waals surface area contributed by atoms with Crippen LogP contribution in [0.1, 0.15) is 54.0 Å². The van der Waals surface area contributed by atoms with Crippen LogP contribution in [0.15, 0.2) is 24.3 Å². The molecular formula is C19H29NOSi. The van der Waals surface area contributed by atoms with E-state index in [0.29, 0.717) is 16.6 Å². The fourth-order valence-corrected chi connectivity index (χ4v) is 8.72. The zero-order chi connectivity index (χ0) is 16.9. The number of hydrogen-bond acceptors (Lipinski definition) is 1. The molecule has 0 heterocycles. The van der Waals surface area contributed by atoms with Gasteiger partial charge in [-0.25, -0.2) is 0 Å². The molecule has 1 amide bonds. The van der Waals surface area contributed by atoms with E-state index < -0.39 is 8.07 Å². The van der Waals surface area contributed by atoms with Gasteiger partial charge in [-0.1, -0.05) is 59.6 Å². The number of carbonyl (C=O) groups is 1. The van der Waals surface area contributed by atoms with E-state index in [1.54, 1.807) is 0 Å². The third kappa shape index (κ3) is 4.01. The SMILES string of the molecule is CC(=O)Nc1ccccc1C#C[Si](C(C)C)(C(C)C)C(C)C. The van der Waals surface area contributed by atoms with Crippen molar-refractivity contribution >= 4 is 19.7 Å². The zero-order valence-corrected chi connectivity index (χ0v) is 15.9. The van der Waals surface area contributed by atoms with Gasteiger partial charge >= 0.3 is 0 Å². The summed E-state index contributed by atoms with van der Waals surface area (Å²) in [5.74, 6) is 3.34. The van der Waals surface area contributed by atoms with Gasteiger partial charge in [0.15, 0.2) is 0 Å². The van der Waals surface area contributed by atoms with Gasteiger partial charge in [-0.15, -0.1) is 5.54 Å². The van der Waals surface area contributed by atoms with Gasteiger partial charge in [0.1, 0.15) is 8.07 Å². The van der Waals surface area contributed by atoms with E-state index in [1.165, 1.54) is 6.92 Å². The highest BCUT2D eigenvalue weighted by Crippen LogP contribution is 2.40. The molecule has 0 unspecified atom stereocenters. The Morgan fingerprint density at radius 3 is 1.95 bits per heavy atom. The molecule has 1 N–H and O–H groups in total. The highest BCUT2D eigenvalue weighted by atomic mass is 28.3. The minimum absolute atomic E-state index is 0.0608. The van der Waals surface area contributed by atoms with Gasteiger partial charge < -0.3 is 5.32 Å². The molecule has 0 aliphatic heterocycles. The Kier molecular flexibility index (Phi) is 6.43. The molecule has 0 radical (unpaired) electrons. The van der Waals surface area contributed by atoms with E-state index >= 15 is 0 Å². The number of hydrogen-bond donors (Lipinski definition) is 1. The second kappa shape index (κ2) is 7.65. The fourth-order valence-electron chi connectivity index (χ4n) is 3.50. The van der Waals surface area contributed by atoms with Crippen LogP contribution < -0.4 is 5.32 Å². The Morgan fingerprint density at radius 1 is 1.00 bits per heavy atom. The molecule has 0 bridgehead atoms. The van der Waals surface area contributed by atoms with E-state index in [-0.39, 0.29) is 5.91 Å². The van der Waals surface area contributed by atoms with Crippen molar-refractivity contribution in [1.82, 2.24) is 0 Å². The lowest BCUT2D eigenvalue weighted by atomic mass is 10.2. The Labute approximate surface area is 136 Å². The van der Waals surface area contributed by atoms with Crippen molar-refractivity contribution < 1.29 is 4.79 Å². The Hall–Kier alpha value is -1.53. The quantitative estimate of drug-likeness (QED) is 0.599. The van der Waals surface area contributed by atoms with Crippen LogP contribution in [-0.2, 0) is 4.79 Å². The fraction of sp³-hybridized carbons (Fsp3) is 0.526. The predicted molar refractivity (Wildman–Crippen MR) is 98.7 cm³/mol. The third-order valence-electron chi connectivity index (χ3n) is 4.52. The van der Waals surface area contributed by atoms with Gasteiger partial charge in [0.05, 0.1) is 5.69 Å². The van der Waals surface area contributed by atoms with Crippen molar-refractivity contribution in [1.29, 1.82) is 0 Å². The molecule has 0 spiro atoms. The van der Waals surface area contributed by atoms with Crippen LogP contribution in [0, 0.1) is 11.5 Å². The number of benzene rings is 1. The summed E-state index contributed by atoms with van der Waals surface area (Å²) in [5.41, 5.74) is 7.23. The normalized spacial score (nSPS) is 11.5. The molecule has 0 fully saturated rings. The number of nitrogens with one attached hydrogen (secondary N) is 1. The molecule has 0 saturated heterocycles. The van der Waals surface area contributed by atoms with Gasteiger partial charge in [0.2, 0.25) is 5.91 Å². The maximum atomic E-state index is 11.3. The third-order valence-corrected chi connectivity index (χ3v) is 10.8. The van der Waals surface area contributed by atoms with Crippen LogP contribution in [0.2, 0.25) is 16.6 Å². The first-order chi connectivity index (χ1) is 10.2. The highest BCUT2D eigenvalue weighted by molar-refractivity contribution is 6.90. The summed E-state index contributed by atoms with van der Waals surface area (Å²) in [5, 5.41) is 2.87. The number of carbonyl (C=O) groups excluding carboxylic acids is 1. The number of anilines is 1. The van der Waals surface area contributed by atoms with Gasteiger partial charge in [0, 0.05) is 12.5 Å². The van der Waals surface area contributed by atoms with Crippen LogP contribution in [0.4, 0.5) is 5.69 Å². The van der Waals surface area contributed by atoms with Crippen LogP contribution in [-0.4, -0.2) is 14.0 Å². The largest absolute Gasteiger partial charge is 0.325 e. The van der Waals surface area contributed by atoms with E-state index in [4.69, 9.17) is 0 Å². The first-order valence-corrected chi connectivity index (χ1v) is 10.3. The van der Waals surface area contributed by atoms with E-state index in [2.05, 4.69) is 58.3 Å². The van der Waals surface area contributed by atoms with Crippen LogP contribution in [0.3, 0.4) is 0 Å². The molecule has 3 heteroatoms. The number of rotatable bonds is 4. The zero-order valence-electron chi connectivity index (χ0n) is 14.9. The average molecular weight is 316 g/mol. The molecule has 0 aliphatic rings. The summed E-state index contributed by atoms with van der Waals surface area (Å²) < 4.78 is 0. The first kappa shape index (κ1) is 18.5. The smallest absolute Gasteiger partial charge is 0.221 e. The number of para-hydroxylation sites is 1. The molecule has 1 aromatic carbocycles. The molecule has 2 nitrogen and oxygen atoms in total. The van der Waals surface area contributed by atoms with Crippen molar-refractivity contribution in [2.24, 2.45) is 0 Å².